The zero-order valence-corrected chi connectivity index (χ0v) is 17.4. The third kappa shape index (κ3) is 2.93. The third-order valence-electron chi connectivity index (χ3n) is 6.04. The Hall–Kier alpha value is -3.34. The van der Waals surface area contributed by atoms with Crippen molar-refractivity contribution in [2.24, 2.45) is 5.41 Å². The summed E-state index contributed by atoms with van der Waals surface area (Å²) in [4.78, 5) is 12.7. The molecule has 152 valence electrons. The second-order valence-electron chi connectivity index (χ2n) is 9.00. The van der Waals surface area contributed by atoms with Gasteiger partial charge in [-0.2, -0.15) is 5.10 Å². The van der Waals surface area contributed by atoms with Gasteiger partial charge in [0.2, 0.25) is 0 Å². The fourth-order valence-electron chi connectivity index (χ4n) is 4.56. The van der Waals surface area contributed by atoms with Crippen LogP contribution in [0.2, 0.25) is 0 Å². The number of phenolic OH excluding ortho intramolecular Hbond substituents is 1. The Labute approximate surface area is 175 Å². The molecule has 2 N–H and O–H groups in total. The van der Waals surface area contributed by atoms with Gasteiger partial charge in [-0.3, -0.25) is 9.89 Å². The first-order chi connectivity index (χ1) is 14.3. The van der Waals surface area contributed by atoms with E-state index in [4.69, 9.17) is 4.74 Å². The molecule has 2 aliphatic rings. The van der Waals surface area contributed by atoms with Gasteiger partial charge >= 0.3 is 0 Å². The largest absolute Gasteiger partial charge is 0.507 e. The molecule has 3 aromatic rings. The maximum atomic E-state index is 12.7. The van der Waals surface area contributed by atoms with Crippen molar-refractivity contribution in [1.29, 1.82) is 0 Å². The highest BCUT2D eigenvalue weighted by atomic mass is 16.5. The number of aryl methyl sites for hydroxylation is 1. The van der Waals surface area contributed by atoms with Crippen LogP contribution in [0.5, 0.6) is 11.5 Å². The van der Waals surface area contributed by atoms with Crippen molar-refractivity contribution in [3.8, 4) is 33.9 Å². The molecule has 1 aliphatic carbocycles. The van der Waals surface area contributed by atoms with E-state index in [9.17, 15) is 9.90 Å². The predicted molar refractivity (Wildman–Crippen MR) is 115 cm³/mol. The predicted octanol–water partition coefficient (Wildman–Crippen LogP) is 5.34. The van der Waals surface area contributed by atoms with Crippen LogP contribution in [0.15, 0.2) is 53.8 Å². The average Bonchev–Trinajstić information content (AvgIpc) is 3.08. The van der Waals surface area contributed by atoms with E-state index < -0.39 is 0 Å². The normalized spacial score (nSPS) is 17.4. The summed E-state index contributed by atoms with van der Waals surface area (Å²) in [5.41, 5.74) is 5.48. The standard InChI is InChI=1S/C25H24N2O3/c1-14-22(15-7-5-4-6-8-15)23(27-26-14)16-9-10-20-18(24(16)29)11-17-19(28)12-25(2,3)13-21(17)30-20/h4-10,29H,11-13H2,1-3H3,(H,26,27). The average molecular weight is 400 g/mol. The van der Waals surface area contributed by atoms with Crippen molar-refractivity contribution in [1.82, 2.24) is 10.2 Å². The number of nitrogens with one attached hydrogen (secondary N) is 1. The Balaban J connectivity index is 1.60. The summed E-state index contributed by atoms with van der Waals surface area (Å²) >= 11 is 0. The van der Waals surface area contributed by atoms with Crippen LogP contribution in [0.3, 0.4) is 0 Å². The van der Waals surface area contributed by atoms with Gasteiger partial charge in [-0.05, 0) is 30.0 Å². The maximum Gasteiger partial charge on any atom is 0.163 e. The number of ketones is 1. The second kappa shape index (κ2) is 6.59. The molecule has 5 heteroatoms. The first-order valence-electron chi connectivity index (χ1n) is 10.2. The SMILES string of the molecule is Cc1[nH]nc(-c2ccc3c(c2O)CC2=C(CC(C)(C)CC2=O)O3)c1-c1ccccc1. The summed E-state index contributed by atoms with van der Waals surface area (Å²) in [7, 11) is 0. The van der Waals surface area contributed by atoms with Crippen LogP contribution in [0, 0.1) is 12.3 Å². The van der Waals surface area contributed by atoms with Gasteiger partial charge in [-0.15, -0.1) is 0 Å². The molecular weight excluding hydrogens is 376 g/mol. The van der Waals surface area contributed by atoms with Crippen molar-refractivity contribution in [2.45, 2.75) is 40.0 Å². The van der Waals surface area contributed by atoms with E-state index in [0.717, 1.165) is 29.0 Å². The quantitative estimate of drug-likeness (QED) is 0.609. The number of rotatable bonds is 2. The molecule has 1 aliphatic heterocycles. The van der Waals surface area contributed by atoms with Crippen LogP contribution >= 0.6 is 0 Å². The Morgan fingerprint density at radius 2 is 1.87 bits per heavy atom. The number of allylic oxidation sites excluding steroid dienone is 2. The number of Topliss-reactive ketones (excluding diaryl/α,β-unsaturated/α-hetero) is 1. The molecule has 0 unspecified atom stereocenters. The van der Waals surface area contributed by atoms with E-state index in [1.807, 2.05) is 49.4 Å². The fourth-order valence-corrected chi connectivity index (χ4v) is 4.56. The Morgan fingerprint density at radius 1 is 1.10 bits per heavy atom. The van der Waals surface area contributed by atoms with E-state index in [0.29, 0.717) is 41.0 Å². The van der Waals surface area contributed by atoms with Gasteiger partial charge in [0.05, 0.1) is 0 Å². The van der Waals surface area contributed by atoms with Crippen molar-refractivity contribution < 1.29 is 14.6 Å². The van der Waals surface area contributed by atoms with Gasteiger partial charge in [-0.1, -0.05) is 44.2 Å². The Bertz CT molecular complexity index is 1200. The minimum atomic E-state index is -0.105. The first-order valence-corrected chi connectivity index (χ1v) is 10.2. The lowest BCUT2D eigenvalue weighted by Crippen LogP contribution is -2.30. The molecule has 2 aromatic carbocycles. The van der Waals surface area contributed by atoms with E-state index >= 15 is 0 Å². The number of benzene rings is 2. The lowest BCUT2D eigenvalue weighted by molar-refractivity contribution is -0.118. The second-order valence-corrected chi connectivity index (χ2v) is 9.00. The van der Waals surface area contributed by atoms with E-state index in [-0.39, 0.29) is 16.9 Å². The van der Waals surface area contributed by atoms with Gasteiger partial charge < -0.3 is 9.84 Å². The van der Waals surface area contributed by atoms with Crippen LogP contribution in [0.4, 0.5) is 0 Å². The topological polar surface area (TPSA) is 75.2 Å². The summed E-state index contributed by atoms with van der Waals surface area (Å²) in [6.07, 6.45) is 1.62. The molecule has 0 bridgehead atoms. The molecule has 0 amide bonds. The number of H-pyrrole nitrogens is 1. The molecule has 5 rings (SSSR count). The number of hydrogen-bond acceptors (Lipinski definition) is 4. The number of aromatic hydroxyl groups is 1. The van der Waals surface area contributed by atoms with Crippen LogP contribution in [-0.2, 0) is 11.2 Å². The maximum absolute atomic E-state index is 12.7. The first kappa shape index (κ1) is 18.7. The zero-order valence-electron chi connectivity index (χ0n) is 17.4. The van der Waals surface area contributed by atoms with Gasteiger partial charge in [0.15, 0.2) is 5.78 Å². The lowest BCUT2D eigenvalue weighted by Gasteiger charge is -2.34. The highest BCUT2D eigenvalue weighted by Crippen LogP contribution is 2.48. The van der Waals surface area contributed by atoms with Crippen LogP contribution in [-0.4, -0.2) is 21.1 Å². The number of fused-ring (bicyclic) bond motifs is 1. The molecule has 0 spiro atoms. The van der Waals surface area contributed by atoms with Crippen LogP contribution in [0.25, 0.3) is 22.4 Å². The van der Waals surface area contributed by atoms with E-state index in [1.54, 1.807) is 0 Å². The van der Waals surface area contributed by atoms with E-state index in [2.05, 4.69) is 24.0 Å². The van der Waals surface area contributed by atoms with Crippen molar-refractivity contribution >= 4 is 5.78 Å². The van der Waals surface area contributed by atoms with Crippen LogP contribution in [0.1, 0.15) is 37.9 Å². The lowest BCUT2D eigenvalue weighted by atomic mass is 9.74. The molecule has 0 saturated heterocycles. The fraction of sp³-hybridized carbons (Fsp3) is 0.280. The summed E-state index contributed by atoms with van der Waals surface area (Å²) < 4.78 is 6.10. The van der Waals surface area contributed by atoms with Gasteiger partial charge in [0.1, 0.15) is 23.0 Å². The number of nitrogens with zero attached hydrogens (tertiary/aromatic N) is 1. The molecule has 0 atom stereocenters. The number of hydrogen-bond donors (Lipinski definition) is 2. The number of ether oxygens (including phenoxy) is 1. The number of aromatic amines is 1. The zero-order chi connectivity index (χ0) is 21.0. The van der Waals surface area contributed by atoms with E-state index in [1.165, 1.54) is 0 Å². The summed E-state index contributed by atoms with van der Waals surface area (Å²) in [5.74, 6) is 1.60. The number of aromatic nitrogens is 2. The summed E-state index contributed by atoms with van der Waals surface area (Å²) in [6, 6.07) is 13.7. The Morgan fingerprint density at radius 3 is 2.63 bits per heavy atom. The third-order valence-corrected chi connectivity index (χ3v) is 6.04. The molecule has 0 fully saturated rings. The molecule has 5 nitrogen and oxygen atoms in total. The molecular formula is C25H24N2O3. The molecule has 1 aromatic heterocycles. The monoisotopic (exact) mass is 400 g/mol. The van der Waals surface area contributed by atoms with Gasteiger partial charge in [0.25, 0.3) is 0 Å². The highest BCUT2D eigenvalue weighted by molar-refractivity contribution is 5.98. The molecule has 2 heterocycles. The molecule has 0 radical (unpaired) electrons. The molecule has 0 saturated carbocycles. The minimum absolute atomic E-state index is 0.105. The summed E-state index contributed by atoms with van der Waals surface area (Å²) in [6.45, 7) is 6.13. The van der Waals surface area contributed by atoms with Crippen molar-refractivity contribution in [3.63, 3.8) is 0 Å². The van der Waals surface area contributed by atoms with Gasteiger partial charge in [0, 0.05) is 47.2 Å². The summed E-state index contributed by atoms with van der Waals surface area (Å²) in [5, 5.41) is 18.7. The van der Waals surface area contributed by atoms with Crippen LogP contribution < -0.4 is 4.74 Å². The number of carbonyl (C=O) groups excluding carboxylic acids is 1. The highest BCUT2D eigenvalue weighted by Gasteiger charge is 2.37. The van der Waals surface area contributed by atoms with Crippen molar-refractivity contribution in [2.75, 3.05) is 0 Å². The Kier molecular flexibility index (Phi) is 4.10. The minimum Gasteiger partial charge on any atom is -0.507 e. The van der Waals surface area contributed by atoms with Crippen molar-refractivity contribution in [3.05, 3.63) is 65.1 Å². The smallest absolute Gasteiger partial charge is 0.163 e. The number of carbonyl (C=O) groups is 1. The number of phenols is 1. The van der Waals surface area contributed by atoms with Gasteiger partial charge in [-0.25, -0.2) is 0 Å². The molecule has 30 heavy (non-hydrogen) atoms.